The van der Waals surface area contributed by atoms with E-state index in [2.05, 4.69) is 5.32 Å². The van der Waals surface area contributed by atoms with Crippen LogP contribution in [0.25, 0.3) is 0 Å². The van der Waals surface area contributed by atoms with E-state index < -0.39 is 10.0 Å². The summed E-state index contributed by atoms with van der Waals surface area (Å²) in [5, 5.41) is 2.67. The summed E-state index contributed by atoms with van der Waals surface area (Å²) in [5.74, 6) is 0.177. The van der Waals surface area contributed by atoms with Crippen molar-refractivity contribution < 1.29 is 18.0 Å². The number of nitrogens with zero attached hydrogens (tertiary/aromatic N) is 2. The first-order chi connectivity index (χ1) is 11.8. The first kappa shape index (κ1) is 18.6. The van der Waals surface area contributed by atoms with Crippen LogP contribution in [0.4, 0.5) is 0 Å². The smallest absolute Gasteiger partial charge is 0.252 e. The van der Waals surface area contributed by atoms with E-state index in [1.54, 1.807) is 11.0 Å². The summed E-state index contributed by atoms with van der Waals surface area (Å²) in [4.78, 5) is 25.5. The molecule has 2 heterocycles. The van der Waals surface area contributed by atoms with Gasteiger partial charge in [0.05, 0.1) is 10.9 Å². The lowest BCUT2D eigenvalue weighted by atomic mass is 10.3. The number of nitrogens with one attached hydrogen (secondary N) is 1. The fourth-order valence-electron chi connectivity index (χ4n) is 2.83. The van der Waals surface area contributed by atoms with E-state index in [0.717, 1.165) is 17.8 Å². The zero-order valence-corrected chi connectivity index (χ0v) is 16.2. The molecule has 0 radical (unpaired) electrons. The number of rotatable bonds is 5. The van der Waals surface area contributed by atoms with Gasteiger partial charge in [0.25, 0.3) is 10.0 Å². The van der Waals surface area contributed by atoms with Crippen molar-refractivity contribution >= 4 is 44.8 Å². The van der Waals surface area contributed by atoms with E-state index in [4.69, 9.17) is 11.6 Å². The van der Waals surface area contributed by atoms with E-state index in [-0.39, 0.29) is 41.6 Å². The second-order valence-corrected chi connectivity index (χ2v) is 10.3. The average Bonchev–Trinajstić information content (AvgIpc) is 3.16. The molecule has 2 fully saturated rings. The van der Waals surface area contributed by atoms with Crippen molar-refractivity contribution in [1.29, 1.82) is 0 Å². The molecule has 2 atom stereocenters. The predicted octanol–water partition coefficient (Wildman–Crippen LogP) is 1.01. The highest BCUT2D eigenvalue weighted by molar-refractivity contribution is 7.91. The minimum atomic E-state index is -3.57. The molecule has 1 aliphatic carbocycles. The van der Waals surface area contributed by atoms with Gasteiger partial charge in [-0.05, 0) is 24.5 Å². The minimum absolute atomic E-state index is 0.0324. The summed E-state index contributed by atoms with van der Waals surface area (Å²) < 4.78 is 27.0. The number of hydrogen-bond donors (Lipinski definition) is 1. The highest BCUT2D eigenvalue weighted by Gasteiger charge is 2.39. The Morgan fingerprint density at radius 3 is 2.44 bits per heavy atom. The number of hydrogen-bond acceptors (Lipinski definition) is 5. The van der Waals surface area contributed by atoms with Crippen molar-refractivity contribution in [3.63, 3.8) is 0 Å². The maximum Gasteiger partial charge on any atom is 0.252 e. The van der Waals surface area contributed by atoms with Crippen molar-refractivity contribution in [2.45, 2.75) is 17.6 Å². The average molecular weight is 406 g/mol. The Balaban J connectivity index is 1.49. The number of amides is 2. The van der Waals surface area contributed by atoms with Gasteiger partial charge in [0.15, 0.2) is 0 Å². The number of carbonyl (C=O) groups excluding carboxylic acids is 2. The molecule has 0 spiro atoms. The molecule has 138 valence electrons. The maximum absolute atomic E-state index is 12.5. The Hall–Kier alpha value is -1.16. The number of halogens is 1. The third-order valence-electron chi connectivity index (χ3n) is 4.59. The van der Waals surface area contributed by atoms with Crippen molar-refractivity contribution in [2.24, 2.45) is 11.8 Å². The topological polar surface area (TPSA) is 86.8 Å². The van der Waals surface area contributed by atoms with E-state index >= 15 is 0 Å². The summed E-state index contributed by atoms with van der Waals surface area (Å²) in [6.45, 7) is 3.07. The van der Waals surface area contributed by atoms with Gasteiger partial charge in [0.1, 0.15) is 4.21 Å². The zero-order valence-electron chi connectivity index (χ0n) is 13.8. The van der Waals surface area contributed by atoms with Gasteiger partial charge >= 0.3 is 0 Å². The van der Waals surface area contributed by atoms with Gasteiger partial charge in [-0.3, -0.25) is 9.59 Å². The van der Waals surface area contributed by atoms with Crippen molar-refractivity contribution in [2.75, 3.05) is 32.7 Å². The molecule has 1 saturated heterocycles. The molecule has 1 aromatic rings. The van der Waals surface area contributed by atoms with E-state index in [1.807, 2.05) is 6.92 Å². The number of thiophene rings is 1. The number of piperazine rings is 1. The molecular formula is C15H20ClN3O4S2. The van der Waals surface area contributed by atoms with Crippen LogP contribution in [0.2, 0.25) is 4.34 Å². The Labute approximate surface area is 156 Å². The number of sulfonamides is 1. The second-order valence-electron chi connectivity index (χ2n) is 6.38. The Morgan fingerprint density at radius 2 is 1.92 bits per heavy atom. The van der Waals surface area contributed by atoms with Gasteiger partial charge in [0, 0.05) is 32.1 Å². The van der Waals surface area contributed by atoms with Gasteiger partial charge in [-0.1, -0.05) is 18.5 Å². The minimum Gasteiger partial charge on any atom is -0.347 e. The van der Waals surface area contributed by atoms with Gasteiger partial charge in [-0.2, -0.15) is 4.31 Å². The van der Waals surface area contributed by atoms with Crippen LogP contribution in [-0.2, 0) is 19.6 Å². The third kappa shape index (κ3) is 4.16. The van der Waals surface area contributed by atoms with Crippen LogP contribution in [0.5, 0.6) is 0 Å². The van der Waals surface area contributed by atoms with Gasteiger partial charge < -0.3 is 10.2 Å². The fourth-order valence-corrected chi connectivity index (χ4v) is 5.89. The molecule has 0 aromatic carbocycles. The van der Waals surface area contributed by atoms with Crippen LogP contribution in [0.1, 0.15) is 13.3 Å². The van der Waals surface area contributed by atoms with Crippen molar-refractivity contribution in [1.82, 2.24) is 14.5 Å². The molecule has 1 N–H and O–H groups in total. The van der Waals surface area contributed by atoms with Crippen molar-refractivity contribution in [3.05, 3.63) is 16.5 Å². The summed E-state index contributed by atoms with van der Waals surface area (Å²) in [7, 11) is -3.57. The zero-order chi connectivity index (χ0) is 18.2. The molecule has 1 aromatic heterocycles. The molecule has 1 saturated carbocycles. The molecule has 25 heavy (non-hydrogen) atoms. The van der Waals surface area contributed by atoms with E-state index in [9.17, 15) is 18.0 Å². The van der Waals surface area contributed by atoms with Crippen LogP contribution in [0.3, 0.4) is 0 Å². The Bertz CT molecular complexity index is 771. The van der Waals surface area contributed by atoms with Gasteiger partial charge in [0.2, 0.25) is 11.8 Å². The SMILES string of the molecule is CC1CC1C(=O)NCC(=O)N1CCN(S(=O)(=O)c2ccc(Cl)s2)CC1. The lowest BCUT2D eigenvalue weighted by Crippen LogP contribution is -2.52. The molecule has 2 unspecified atom stereocenters. The summed E-state index contributed by atoms with van der Waals surface area (Å²) >= 11 is 6.84. The first-order valence-corrected chi connectivity index (χ1v) is 10.7. The van der Waals surface area contributed by atoms with Crippen LogP contribution in [-0.4, -0.2) is 62.2 Å². The highest BCUT2D eigenvalue weighted by atomic mass is 35.5. The molecule has 2 aliphatic rings. The second kappa shape index (κ2) is 7.22. The third-order valence-corrected chi connectivity index (χ3v) is 8.19. The maximum atomic E-state index is 12.5. The predicted molar refractivity (Wildman–Crippen MR) is 94.9 cm³/mol. The molecule has 10 heteroatoms. The van der Waals surface area contributed by atoms with Crippen molar-refractivity contribution in [3.8, 4) is 0 Å². The van der Waals surface area contributed by atoms with Crippen LogP contribution < -0.4 is 5.32 Å². The van der Waals surface area contributed by atoms with Crippen LogP contribution in [0, 0.1) is 11.8 Å². The van der Waals surface area contributed by atoms with Gasteiger partial charge in [-0.25, -0.2) is 8.42 Å². The molecule has 0 bridgehead atoms. The summed E-state index contributed by atoms with van der Waals surface area (Å²) in [6.07, 6.45) is 0.878. The first-order valence-electron chi connectivity index (χ1n) is 8.10. The fraction of sp³-hybridized carbons (Fsp3) is 0.600. The van der Waals surface area contributed by atoms with Crippen LogP contribution >= 0.6 is 22.9 Å². The lowest BCUT2D eigenvalue weighted by molar-refractivity contribution is -0.134. The largest absolute Gasteiger partial charge is 0.347 e. The Morgan fingerprint density at radius 1 is 1.28 bits per heavy atom. The normalized spacial score (nSPS) is 24.2. The monoisotopic (exact) mass is 405 g/mol. The molecule has 7 nitrogen and oxygen atoms in total. The highest BCUT2D eigenvalue weighted by Crippen LogP contribution is 2.37. The Kier molecular flexibility index (Phi) is 5.38. The molecule has 3 rings (SSSR count). The van der Waals surface area contributed by atoms with E-state index in [0.29, 0.717) is 23.3 Å². The lowest BCUT2D eigenvalue weighted by Gasteiger charge is -2.33. The standard InChI is InChI=1S/C15H20ClN3O4S2/c1-10-8-11(10)15(21)17-9-13(20)18-4-6-19(7-5-18)25(22,23)14-3-2-12(16)24-14/h2-3,10-11H,4-9H2,1H3,(H,17,21). The summed E-state index contributed by atoms with van der Waals surface area (Å²) in [5.41, 5.74) is 0. The molecule has 2 amide bonds. The van der Waals surface area contributed by atoms with Gasteiger partial charge in [-0.15, -0.1) is 11.3 Å². The molecule has 1 aliphatic heterocycles. The number of carbonyl (C=O) groups is 2. The molecular weight excluding hydrogens is 386 g/mol. The summed E-state index contributed by atoms with van der Waals surface area (Å²) in [6, 6.07) is 3.05. The van der Waals surface area contributed by atoms with E-state index in [1.165, 1.54) is 10.4 Å². The van der Waals surface area contributed by atoms with Crippen LogP contribution in [0.15, 0.2) is 16.3 Å². The quantitative estimate of drug-likeness (QED) is 0.791.